The molecular formula is C18H24F5N3O2. The minimum Gasteiger partial charge on any atom is -0.444 e. The lowest BCUT2D eigenvalue weighted by Crippen LogP contribution is -2.51. The molecule has 0 radical (unpaired) electrons. The van der Waals surface area contributed by atoms with Gasteiger partial charge in [-0.3, -0.25) is 9.88 Å². The number of carbonyl (C=O) groups is 1. The van der Waals surface area contributed by atoms with Crippen molar-refractivity contribution in [2.75, 3.05) is 19.6 Å². The summed E-state index contributed by atoms with van der Waals surface area (Å²) in [6, 6.07) is 0.737. The van der Waals surface area contributed by atoms with Crippen molar-refractivity contribution >= 4 is 6.09 Å². The summed E-state index contributed by atoms with van der Waals surface area (Å²) in [4.78, 5) is 16.6. The minimum atomic E-state index is -4.72. The van der Waals surface area contributed by atoms with Crippen LogP contribution < -0.4 is 5.32 Å². The van der Waals surface area contributed by atoms with Crippen LogP contribution in [0.3, 0.4) is 0 Å². The SMILES string of the molecule is CC(C)(C)OC(=O)N(CC(F)(F)c1ccc(C(F)(F)F)nc1)C1CCNCC1. The highest BCUT2D eigenvalue weighted by Gasteiger charge is 2.41. The van der Waals surface area contributed by atoms with Gasteiger partial charge in [-0.1, -0.05) is 0 Å². The third kappa shape index (κ3) is 6.02. The van der Waals surface area contributed by atoms with Crippen LogP contribution in [0.15, 0.2) is 18.3 Å². The summed E-state index contributed by atoms with van der Waals surface area (Å²) in [6.45, 7) is 5.02. The molecule has 28 heavy (non-hydrogen) atoms. The molecule has 1 aliphatic rings. The van der Waals surface area contributed by atoms with E-state index in [1.165, 1.54) is 0 Å². The van der Waals surface area contributed by atoms with Crippen molar-refractivity contribution in [1.29, 1.82) is 0 Å². The van der Waals surface area contributed by atoms with Gasteiger partial charge >= 0.3 is 12.3 Å². The Hall–Kier alpha value is -1.97. The van der Waals surface area contributed by atoms with Crippen molar-refractivity contribution in [2.24, 2.45) is 0 Å². The van der Waals surface area contributed by atoms with E-state index in [9.17, 15) is 26.7 Å². The summed E-state index contributed by atoms with van der Waals surface area (Å²) in [5, 5.41) is 3.09. The number of aromatic nitrogens is 1. The van der Waals surface area contributed by atoms with Crippen molar-refractivity contribution in [3.8, 4) is 0 Å². The molecule has 158 valence electrons. The van der Waals surface area contributed by atoms with E-state index in [4.69, 9.17) is 4.74 Å². The quantitative estimate of drug-likeness (QED) is 0.758. The highest BCUT2D eigenvalue weighted by molar-refractivity contribution is 5.68. The molecule has 0 spiro atoms. The standard InChI is InChI=1S/C18H24F5N3O2/c1-16(2,3)28-15(27)26(13-6-8-24-9-7-13)11-17(19,20)12-4-5-14(25-10-12)18(21,22)23/h4-5,10,13,24H,6-9,11H2,1-3H3. The van der Waals surface area contributed by atoms with Gasteiger partial charge in [0.1, 0.15) is 11.3 Å². The van der Waals surface area contributed by atoms with Gasteiger partial charge in [0.25, 0.3) is 5.92 Å². The topological polar surface area (TPSA) is 54.5 Å². The maximum atomic E-state index is 14.8. The van der Waals surface area contributed by atoms with Gasteiger partial charge in [-0.05, 0) is 58.8 Å². The fourth-order valence-corrected chi connectivity index (χ4v) is 2.86. The highest BCUT2D eigenvalue weighted by Crippen LogP contribution is 2.33. The Morgan fingerprint density at radius 2 is 1.79 bits per heavy atom. The van der Waals surface area contributed by atoms with Crippen LogP contribution in [0.2, 0.25) is 0 Å². The van der Waals surface area contributed by atoms with E-state index >= 15 is 0 Å². The second kappa shape index (κ2) is 8.18. The predicted octanol–water partition coefficient (Wildman–Crippen LogP) is 4.18. The zero-order chi connectivity index (χ0) is 21.2. The summed E-state index contributed by atoms with van der Waals surface area (Å²) < 4.78 is 72.7. The summed E-state index contributed by atoms with van der Waals surface area (Å²) in [7, 11) is 0. The van der Waals surface area contributed by atoms with Crippen molar-refractivity contribution in [3.63, 3.8) is 0 Å². The van der Waals surface area contributed by atoms with Crippen LogP contribution in [-0.2, 0) is 16.8 Å². The molecule has 1 fully saturated rings. The number of pyridine rings is 1. The van der Waals surface area contributed by atoms with Crippen LogP contribution in [0.1, 0.15) is 44.9 Å². The number of piperidine rings is 1. The fourth-order valence-electron chi connectivity index (χ4n) is 2.86. The number of ether oxygens (including phenoxy) is 1. The molecule has 1 amide bonds. The Balaban J connectivity index is 2.24. The maximum absolute atomic E-state index is 14.8. The number of rotatable bonds is 4. The molecule has 0 bridgehead atoms. The van der Waals surface area contributed by atoms with Crippen molar-refractivity contribution < 1.29 is 31.5 Å². The van der Waals surface area contributed by atoms with E-state index in [0.717, 1.165) is 4.90 Å². The van der Waals surface area contributed by atoms with Gasteiger partial charge < -0.3 is 10.1 Å². The number of amides is 1. The summed E-state index contributed by atoms with van der Waals surface area (Å²) in [5.41, 5.74) is -2.81. The third-order valence-electron chi connectivity index (χ3n) is 4.22. The minimum absolute atomic E-state index is 0.454. The van der Waals surface area contributed by atoms with Gasteiger partial charge in [0, 0.05) is 17.8 Å². The molecule has 1 N–H and O–H groups in total. The van der Waals surface area contributed by atoms with E-state index in [1.54, 1.807) is 20.8 Å². The lowest BCUT2D eigenvalue weighted by molar-refractivity contribution is -0.141. The smallest absolute Gasteiger partial charge is 0.433 e. The monoisotopic (exact) mass is 409 g/mol. The number of halogens is 5. The molecule has 2 rings (SSSR count). The van der Waals surface area contributed by atoms with Crippen molar-refractivity contribution in [2.45, 2.75) is 57.4 Å². The Morgan fingerprint density at radius 1 is 1.18 bits per heavy atom. The number of nitrogens with one attached hydrogen (secondary N) is 1. The Labute approximate surface area is 160 Å². The van der Waals surface area contributed by atoms with E-state index in [0.29, 0.717) is 44.3 Å². The first-order valence-electron chi connectivity index (χ1n) is 8.91. The number of hydrogen-bond acceptors (Lipinski definition) is 4. The number of alkyl halides is 5. The van der Waals surface area contributed by atoms with E-state index in [-0.39, 0.29) is 0 Å². The molecule has 5 nitrogen and oxygen atoms in total. The molecule has 0 aliphatic carbocycles. The average Bonchev–Trinajstić information content (AvgIpc) is 2.58. The molecule has 0 aromatic carbocycles. The maximum Gasteiger partial charge on any atom is 0.433 e. The molecule has 2 heterocycles. The lowest BCUT2D eigenvalue weighted by atomic mass is 10.0. The second-order valence-corrected chi connectivity index (χ2v) is 7.72. The van der Waals surface area contributed by atoms with Gasteiger partial charge in [-0.15, -0.1) is 0 Å². The Kier molecular flexibility index (Phi) is 6.52. The zero-order valence-electron chi connectivity index (χ0n) is 15.9. The number of nitrogens with zero attached hydrogens (tertiary/aromatic N) is 2. The first-order chi connectivity index (χ1) is 12.8. The largest absolute Gasteiger partial charge is 0.444 e. The first kappa shape index (κ1) is 22.3. The Bertz CT molecular complexity index is 665. The average molecular weight is 409 g/mol. The highest BCUT2D eigenvalue weighted by atomic mass is 19.4. The predicted molar refractivity (Wildman–Crippen MR) is 92.0 cm³/mol. The van der Waals surface area contributed by atoms with Crippen molar-refractivity contribution in [1.82, 2.24) is 15.2 Å². The molecule has 1 saturated heterocycles. The summed E-state index contributed by atoms with van der Waals surface area (Å²) in [5.74, 6) is -3.58. The Morgan fingerprint density at radius 3 is 2.25 bits per heavy atom. The molecule has 1 aliphatic heterocycles. The normalized spacial score (nSPS) is 16.7. The van der Waals surface area contributed by atoms with Crippen LogP contribution in [-0.4, -0.2) is 47.3 Å². The van der Waals surface area contributed by atoms with Crippen LogP contribution in [0.4, 0.5) is 26.7 Å². The fraction of sp³-hybridized carbons (Fsp3) is 0.667. The van der Waals surface area contributed by atoms with Crippen molar-refractivity contribution in [3.05, 3.63) is 29.6 Å². The zero-order valence-corrected chi connectivity index (χ0v) is 15.9. The molecule has 10 heteroatoms. The van der Waals surface area contributed by atoms with Gasteiger partial charge in [0.2, 0.25) is 0 Å². The van der Waals surface area contributed by atoms with Crippen LogP contribution >= 0.6 is 0 Å². The van der Waals surface area contributed by atoms with E-state index in [2.05, 4.69) is 10.3 Å². The molecule has 0 saturated carbocycles. The molecule has 0 unspecified atom stereocenters. The second-order valence-electron chi connectivity index (χ2n) is 7.72. The van der Waals surface area contributed by atoms with E-state index in [1.807, 2.05) is 0 Å². The van der Waals surface area contributed by atoms with Gasteiger partial charge in [0.15, 0.2) is 0 Å². The van der Waals surface area contributed by atoms with E-state index < -0.39 is 47.6 Å². The first-order valence-corrected chi connectivity index (χ1v) is 8.91. The van der Waals surface area contributed by atoms with Crippen LogP contribution in [0, 0.1) is 0 Å². The van der Waals surface area contributed by atoms with Crippen LogP contribution in [0.25, 0.3) is 0 Å². The van der Waals surface area contributed by atoms with Gasteiger partial charge in [-0.2, -0.15) is 22.0 Å². The van der Waals surface area contributed by atoms with Gasteiger partial charge in [-0.25, -0.2) is 4.79 Å². The van der Waals surface area contributed by atoms with Crippen LogP contribution in [0.5, 0.6) is 0 Å². The summed E-state index contributed by atoms with van der Waals surface area (Å²) >= 11 is 0. The van der Waals surface area contributed by atoms with Gasteiger partial charge in [0.05, 0.1) is 6.54 Å². The number of carbonyl (C=O) groups excluding carboxylic acids is 1. The third-order valence-corrected chi connectivity index (χ3v) is 4.22. The lowest BCUT2D eigenvalue weighted by Gasteiger charge is -2.37. The summed E-state index contributed by atoms with van der Waals surface area (Å²) in [6.07, 6.45) is -4.15. The molecule has 1 aromatic rings. The molecule has 1 aromatic heterocycles. The number of hydrogen-bond donors (Lipinski definition) is 1. The molecular weight excluding hydrogens is 385 g/mol. The molecule has 0 atom stereocenters.